The van der Waals surface area contributed by atoms with Crippen LogP contribution in [0.3, 0.4) is 0 Å². The van der Waals surface area contributed by atoms with Crippen molar-refractivity contribution in [2.75, 3.05) is 18.4 Å². The van der Waals surface area contributed by atoms with Gasteiger partial charge in [-0.1, -0.05) is 6.92 Å². The van der Waals surface area contributed by atoms with Gasteiger partial charge in [-0.05, 0) is 49.1 Å². The van der Waals surface area contributed by atoms with Gasteiger partial charge in [-0.25, -0.2) is 12.8 Å². The third-order valence-electron chi connectivity index (χ3n) is 4.57. The lowest BCUT2D eigenvalue weighted by Gasteiger charge is -2.29. The number of sulfonamides is 1. The SMILES string of the molecule is CC1CCCN(S(=O)(=O)c2cc(C(=O)Nc3ccc(F)cc3)n(C)c2)C1. The third-order valence-corrected chi connectivity index (χ3v) is 6.40. The maximum Gasteiger partial charge on any atom is 0.272 e. The summed E-state index contributed by atoms with van der Waals surface area (Å²) in [5, 5.41) is 2.64. The molecular formula is C18H22FN3O3S. The van der Waals surface area contributed by atoms with Crippen molar-refractivity contribution in [3.63, 3.8) is 0 Å². The lowest BCUT2D eigenvalue weighted by atomic mass is 10.0. The molecule has 8 heteroatoms. The Kier molecular flexibility index (Phi) is 5.15. The molecule has 26 heavy (non-hydrogen) atoms. The Balaban J connectivity index is 1.81. The summed E-state index contributed by atoms with van der Waals surface area (Å²) in [5.74, 6) is -0.526. The quantitative estimate of drug-likeness (QED) is 0.888. The highest BCUT2D eigenvalue weighted by Crippen LogP contribution is 2.25. The summed E-state index contributed by atoms with van der Waals surface area (Å²) in [6.45, 7) is 3.03. The molecule has 6 nitrogen and oxygen atoms in total. The molecule has 1 N–H and O–H groups in total. The van der Waals surface area contributed by atoms with Gasteiger partial charge < -0.3 is 9.88 Å². The number of amides is 1. The second kappa shape index (κ2) is 7.20. The Morgan fingerprint density at radius 2 is 1.96 bits per heavy atom. The van der Waals surface area contributed by atoms with Gasteiger partial charge in [-0.2, -0.15) is 4.31 Å². The highest BCUT2D eigenvalue weighted by Gasteiger charge is 2.30. The molecule has 1 aliphatic heterocycles. The van der Waals surface area contributed by atoms with Crippen LogP contribution in [0.5, 0.6) is 0 Å². The lowest BCUT2D eigenvalue weighted by Crippen LogP contribution is -2.38. The third kappa shape index (κ3) is 3.81. The summed E-state index contributed by atoms with van der Waals surface area (Å²) < 4.78 is 41.6. The maximum atomic E-state index is 13.0. The van der Waals surface area contributed by atoms with Gasteiger partial charge in [0.2, 0.25) is 10.0 Å². The normalized spacial score (nSPS) is 18.7. The predicted molar refractivity (Wildman–Crippen MR) is 96.9 cm³/mol. The highest BCUT2D eigenvalue weighted by molar-refractivity contribution is 7.89. The molecule has 0 bridgehead atoms. The van der Waals surface area contributed by atoms with Gasteiger partial charge in [0.1, 0.15) is 16.4 Å². The van der Waals surface area contributed by atoms with E-state index in [1.165, 1.54) is 45.4 Å². The number of hydrogen-bond acceptors (Lipinski definition) is 3. The van der Waals surface area contributed by atoms with E-state index in [0.29, 0.717) is 24.7 Å². The number of benzene rings is 1. The molecule has 1 unspecified atom stereocenters. The first-order valence-corrected chi connectivity index (χ1v) is 9.95. The average molecular weight is 379 g/mol. The molecule has 0 spiro atoms. The van der Waals surface area contributed by atoms with E-state index in [-0.39, 0.29) is 10.6 Å². The van der Waals surface area contributed by atoms with Gasteiger partial charge in [-0.3, -0.25) is 4.79 Å². The van der Waals surface area contributed by atoms with Crippen LogP contribution in [0.15, 0.2) is 41.4 Å². The van der Waals surface area contributed by atoms with Crippen molar-refractivity contribution in [2.45, 2.75) is 24.7 Å². The minimum atomic E-state index is -3.63. The number of rotatable bonds is 4. The molecule has 140 valence electrons. The predicted octanol–water partition coefficient (Wildman–Crippen LogP) is 2.84. The molecule has 0 saturated carbocycles. The molecule has 2 aromatic rings. The maximum absolute atomic E-state index is 13.0. The van der Waals surface area contributed by atoms with E-state index in [1.54, 1.807) is 7.05 Å². The molecule has 1 aromatic carbocycles. The molecule has 1 fully saturated rings. The number of aromatic nitrogens is 1. The van der Waals surface area contributed by atoms with Gasteiger partial charge >= 0.3 is 0 Å². The van der Waals surface area contributed by atoms with Crippen LogP contribution in [0, 0.1) is 11.7 Å². The molecule has 1 atom stereocenters. The van der Waals surface area contributed by atoms with E-state index in [0.717, 1.165) is 12.8 Å². The van der Waals surface area contributed by atoms with Crippen molar-refractivity contribution in [1.82, 2.24) is 8.87 Å². The average Bonchev–Trinajstić information content (AvgIpc) is 3.00. The van der Waals surface area contributed by atoms with Crippen LogP contribution in [0.4, 0.5) is 10.1 Å². The Bertz CT molecular complexity index is 906. The number of nitrogens with zero attached hydrogens (tertiary/aromatic N) is 2. The second-order valence-corrected chi connectivity index (χ2v) is 8.68. The zero-order chi connectivity index (χ0) is 18.9. The first kappa shape index (κ1) is 18.6. The number of carbonyl (C=O) groups is 1. The van der Waals surface area contributed by atoms with Crippen molar-refractivity contribution in [2.24, 2.45) is 13.0 Å². The molecule has 1 aliphatic rings. The fourth-order valence-electron chi connectivity index (χ4n) is 3.14. The van der Waals surface area contributed by atoms with E-state index in [2.05, 4.69) is 5.32 Å². The van der Waals surface area contributed by atoms with Gasteiger partial charge in [0.15, 0.2) is 0 Å². The van der Waals surface area contributed by atoms with Crippen molar-refractivity contribution >= 4 is 21.6 Å². The van der Waals surface area contributed by atoms with Crippen molar-refractivity contribution in [3.8, 4) is 0 Å². The van der Waals surface area contributed by atoms with E-state index in [1.807, 2.05) is 6.92 Å². The molecule has 0 radical (unpaired) electrons. The largest absolute Gasteiger partial charge is 0.345 e. The minimum absolute atomic E-state index is 0.110. The number of halogens is 1. The summed E-state index contributed by atoms with van der Waals surface area (Å²) in [6.07, 6.45) is 3.31. The Morgan fingerprint density at radius 1 is 1.27 bits per heavy atom. The van der Waals surface area contributed by atoms with Crippen LogP contribution in [0.25, 0.3) is 0 Å². The molecule has 1 saturated heterocycles. The molecule has 1 amide bonds. The monoisotopic (exact) mass is 379 g/mol. The van der Waals surface area contributed by atoms with Crippen LogP contribution in [0.2, 0.25) is 0 Å². The van der Waals surface area contributed by atoms with Gasteiger partial charge in [0, 0.05) is 32.0 Å². The van der Waals surface area contributed by atoms with Crippen LogP contribution in [-0.4, -0.2) is 36.3 Å². The van der Waals surface area contributed by atoms with Gasteiger partial charge in [0.05, 0.1) is 0 Å². The topological polar surface area (TPSA) is 71.4 Å². The number of nitrogens with one attached hydrogen (secondary N) is 1. The van der Waals surface area contributed by atoms with E-state index in [4.69, 9.17) is 0 Å². The number of hydrogen-bond donors (Lipinski definition) is 1. The van der Waals surface area contributed by atoms with E-state index >= 15 is 0 Å². The molecule has 2 heterocycles. The number of aryl methyl sites for hydroxylation is 1. The summed E-state index contributed by atoms with van der Waals surface area (Å²) in [6, 6.07) is 6.77. The van der Waals surface area contributed by atoms with Crippen LogP contribution >= 0.6 is 0 Å². The highest BCUT2D eigenvalue weighted by atomic mass is 32.2. The number of anilines is 1. The van der Waals surface area contributed by atoms with Crippen molar-refractivity contribution in [3.05, 3.63) is 48.0 Å². The molecular weight excluding hydrogens is 357 g/mol. The fraction of sp³-hybridized carbons (Fsp3) is 0.389. The van der Waals surface area contributed by atoms with Crippen LogP contribution in [0.1, 0.15) is 30.3 Å². The Morgan fingerprint density at radius 3 is 2.62 bits per heavy atom. The fourth-order valence-corrected chi connectivity index (χ4v) is 4.81. The van der Waals surface area contributed by atoms with Gasteiger partial charge in [-0.15, -0.1) is 0 Å². The first-order chi connectivity index (χ1) is 12.3. The number of carbonyl (C=O) groups excluding carboxylic acids is 1. The smallest absolute Gasteiger partial charge is 0.272 e. The summed E-state index contributed by atoms with van der Waals surface area (Å²) in [7, 11) is -2.00. The zero-order valence-corrected chi connectivity index (χ0v) is 15.6. The zero-order valence-electron chi connectivity index (χ0n) is 14.8. The summed E-state index contributed by atoms with van der Waals surface area (Å²) in [4.78, 5) is 12.6. The summed E-state index contributed by atoms with van der Waals surface area (Å²) in [5.41, 5.74) is 0.657. The molecule has 1 aromatic heterocycles. The van der Waals surface area contributed by atoms with Crippen LogP contribution < -0.4 is 5.32 Å². The standard InChI is InChI=1S/C18H22FN3O3S/c1-13-4-3-9-22(11-13)26(24,25)16-10-17(21(2)12-16)18(23)20-15-7-5-14(19)6-8-15/h5-8,10,12-13H,3-4,9,11H2,1-2H3,(H,20,23). The van der Waals surface area contributed by atoms with E-state index in [9.17, 15) is 17.6 Å². The lowest BCUT2D eigenvalue weighted by molar-refractivity contribution is 0.101. The summed E-state index contributed by atoms with van der Waals surface area (Å²) >= 11 is 0. The minimum Gasteiger partial charge on any atom is -0.345 e. The van der Waals surface area contributed by atoms with E-state index < -0.39 is 21.7 Å². The second-order valence-electron chi connectivity index (χ2n) is 6.74. The number of piperidine rings is 1. The Hall–Kier alpha value is -2.19. The molecule has 0 aliphatic carbocycles. The first-order valence-electron chi connectivity index (χ1n) is 8.51. The van der Waals surface area contributed by atoms with Crippen LogP contribution in [-0.2, 0) is 17.1 Å². The van der Waals surface area contributed by atoms with Crippen molar-refractivity contribution in [1.29, 1.82) is 0 Å². The Labute approximate surface area is 152 Å². The molecule has 3 rings (SSSR count). The van der Waals surface area contributed by atoms with Gasteiger partial charge in [0.25, 0.3) is 5.91 Å². The van der Waals surface area contributed by atoms with Crippen molar-refractivity contribution < 1.29 is 17.6 Å².